The summed E-state index contributed by atoms with van der Waals surface area (Å²) in [5, 5.41) is 11.2. The second-order valence-electron chi connectivity index (χ2n) is 2.19. The maximum Gasteiger partial charge on any atom is 0.221 e. The van der Waals surface area contributed by atoms with Crippen molar-refractivity contribution in [3.8, 4) is 0 Å². The predicted molar refractivity (Wildman–Crippen MR) is 46.7 cm³/mol. The molecule has 3 nitrogen and oxygen atoms in total. The Hall–Kier alpha value is -1.35. The molecule has 1 rings (SSSR count). The molecule has 0 bridgehead atoms. The van der Waals surface area contributed by atoms with Crippen LogP contribution in [0.5, 0.6) is 0 Å². The number of carbonyl (C=O) groups is 1. The second-order valence-corrected chi connectivity index (χ2v) is 2.19. The van der Waals surface area contributed by atoms with E-state index in [-0.39, 0.29) is 35.4 Å². The number of rotatable bonds is 2. The van der Waals surface area contributed by atoms with E-state index in [2.05, 4.69) is 5.32 Å². The van der Waals surface area contributed by atoms with Gasteiger partial charge in [0.05, 0.1) is 12.1 Å². The van der Waals surface area contributed by atoms with Gasteiger partial charge in [-0.05, 0) is 17.6 Å². The molecule has 0 aliphatic heterocycles. The van der Waals surface area contributed by atoms with Crippen LogP contribution in [-0.2, 0) is 11.4 Å². The molecule has 0 aliphatic rings. The predicted octanol–water partition coefficient (Wildman–Crippen LogP) is 1.14. The Kier molecular flexibility index (Phi) is 1.49. The van der Waals surface area contributed by atoms with E-state index < -0.39 is 12.5 Å². The summed E-state index contributed by atoms with van der Waals surface area (Å²) >= 11 is 0. The van der Waals surface area contributed by atoms with Crippen LogP contribution in [0, 0.1) is 0 Å². The summed E-state index contributed by atoms with van der Waals surface area (Å²) in [7, 11) is 0. The van der Waals surface area contributed by atoms with Crippen LogP contribution in [-0.4, -0.2) is 11.0 Å². The molecule has 0 fully saturated rings. The van der Waals surface area contributed by atoms with Gasteiger partial charge in [-0.2, -0.15) is 0 Å². The molecule has 0 spiro atoms. The normalized spacial score (nSPS) is 14.2. The van der Waals surface area contributed by atoms with Gasteiger partial charge < -0.3 is 10.4 Å². The van der Waals surface area contributed by atoms with Crippen LogP contribution < -0.4 is 5.32 Å². The first-order valence-corrected chi connectivity index (χ1v) is 3.37. The summed E-state index contributed by atoms with van der Waals surface area (Å²) in [4.78, 5) is 10.8. The number of hydrogen-bond donors (Lipinski definition) is 2. The molecule has 0 atom stereocenters. The summed E-state index contributed by atoms with van der Waals surface area (Å²) in [5.74, 6) is -0.474. The SMILES string of the molecule is [2H]c1c([2H])c(NC(C)=O)c([2H])c([2H])c1CO. The van der Waals surface area contributed by atoms with E-state index >= 15 is 0 Å². The molecule has 1 aromatic rings. The van der Waals surface area contributed by atoms with E-state index in [9.17, 15) is 4.79 Å². The van der Waals surface area contributed by atoms with Crippen LogP contribution in [0.3, 0.4) is 0 Å². The highest BCUT2D eigenvalue weighted by molar-refractivity contribution is 5.88. The van der Waals surface area contributed by atoms with Crippen molar-refractivity contribution in [3.63, 3.8) is 0 Å². The summed E-state index contributed by atoms with van der Waals surface area (Å²) in [6.07, 6.45) is 0. The second kappa shape index (κ2) is 3.88. The van der Waals surface area contributed by atoms with E-state index in [1.54, 1.807) is 0 Å². The average molecular weight is 169 g/mol. The van der Waals surface area contributed by atoms with Crippen molar-refractivity contribution in [3.05, 3.63) is 29.7 Å². The Morgan fingerprint density at radius 2 is 2.17 bits per heavy atom. The maximum atomic E-state index is 10.8. The van der Waals surface area contributed by atoms with Crippen LogP contribution in [0.25, 0.3) is 0 Å². The third-order valence-corrected chi connectivity index (χ3v) is 1.14. The van der Waals surface area contributed by atoms with Gasteiger partial charge in [-0.15, -0.1) is 0 Å². The van der Waals surface area contributed by atoms with Crippen molar-refractivity contribution >= 4 is 11.6 Å². The van der Waals surface area contributed by atoms with Crippen molar-refractivity contribution in [1.82, 2.24) is 0 Å². The zero-order valence-corrected chi connectivity index (χ0v) is 6.56. The van der Waals surface area contributed by atoms with Gasteiger partial charge in [0.1, 0.15) is 0 Å². The highest BCUT2D eigenvalue weighted by Gasteiger charge is 1.94. The first kappa shape index (κ1) is 4.62. The Labute approximate surface area is 76.7 Å². The Bertz CT molecular complexity index is 419. The molecule has 2 N–H and O–H groups in total. The third kappa shape index (κ3) is 2.36. The van der Waals surface area contributed by atoms with Gasteiger partial charge in [0.25, 0.3) is 0 Å². The fraction of sp³-hybridized carbons (Fsp3) is 0.222. The molecule has 0 radical (unpaired) electrons. The van der Waals surface area contributed by atoms with Gasteiger partial charge >= 0.3 is 0 Å². The minimum absolute atomic E-state index is 0.0795. The Balaban J connectivity index is 3.47. The summed E-state index contributed by atoms with van der Waals surface area (Å²) in [6.45, 7) is 0.641. The molecule has 0 aliphatic carbocycles. The van der Waals surface area contributed by atoms with Crippen molar-refractivity contribution in [2.24, 2.45) is 0 Å². The molecule has 0 saturated heterocycles. The van der Waals surface area contributed by atoms with Crippen LogP contribution in [0.4, 0.5) is 5.69 Å². The number of aliphatic hydroxyl groups excluding tert-OH is 1. The Morgan fingerprint density at radius 3 is 2.58 bits per heavy atom. The number of hydrogen-bond acceptors (Lipinski definition) is 2. The number of anilines is 1. The van der Waals surface area contributed by atoms with E-state index in [4.69, 9.17) is 10.6 Å². The number of aliphatic hydroxyl groups is 1. The lowest BCUT2D eigenvalue weighted by Crippen LogP contribution is -2.05. The zero-order valence-electron chi connectivity index (χ0n) is 10.6. The first-order chi connectivity index (χ1) is 7.40. The van der Waals surface area contributed by atoms with Crippen molar-refractivity contribution in [2.75, 3.05) is 5.32 Å². The molecule has 12 heavy (non-hydrogen) atoms. The molecule has 0 aromatic heterocycles. The molecule has 0 saturated carbocycles. The van der Waals surface area contributed by atoms with Crippen LogP contribution in [0.15, 0.2) is 24.2 Å². The zero-order chi connectivity index (χ0) is 12.5. The lowest BCUT2D eigenvalue weighted by Gasteiger charge is -2.01. The fourth-order valence-electron chi connectivity index (χ4n) is 0.656. The molecule has 1 aromatic carbocycles. The maximum absolute atomic E-state index is 10.8. The smallest absolute Gasteiger partial charge is 0.221 e. The number of benzene rings is 1. The molecule has 3 heteroatoms. The van der Waals surface area contributed by atoms with Crippen molar-refractivity contribution in [1.29, 1.82) is 0 Å². The van der Waals surface area contributed by atoms with Crippen LogP contribution in [0.2, 0.25) is 0 Å². The van der Waals surface area contributed by atoms with E-state index in [1.807, 2.05) is 0 Å². The third-order valence-electron chi connectivity index (χ3n) is 1.14. The summed E-state index contributed by atoms with van der Waals surface area (Å²) in [6, 6.07) is -1.40. The van der Waals surface area contributed by atoms with Gasteiger partial charge in [-0.3, -0.25) is 4.79 Å². The minimum atomic E-state index is -0.574. The molecular weight excluding hydrogens is 154 g/mol. The highest BCUT2D eigenvalue weighted by atomic mass is 16.3. The topological polar surface area (TPSA) is 49.3 Å². The number of carbonyl (C=O) groups excluding carboxylic acids is 1. The standard InChI is InChI=1S/C9H11NO2/c1-7(12)10-9-4-2-8(6-11)3-5-9/h2-5,11H,6H2,1H3,(H,10,12)/i2D,3D,4D,5D. The Morgan fingerprint density at radius 1 is 1.58 bits per heavy atom. The van der Waals surface area contributed by atoms with Crippen LogP contribution in [0.1, 0.15) is 18.0 Å². The van der Waals surface area contributed by atoms with Gasteiger partial charge in [-0.1, -0.05) is 12.1 Å². The fourth-order valence-corrected chi connectivity index (χ4v) is 0.656. The summed E-state index contributed by atoms with van der Waals surface area (Å²) in [5.41, 5.74) is -0.246. The van der Waals surface area contributed by atoms with Gasteiger partial charge in [0.15, 0.2) is 0 Å². The minimum Gasteiger partial charge on any atom is -0.392 e. The van der Waals surface area contributed by atoms with Crippen molar-refractivity contribution < 1.29 is 15.4 Å². The van der Waals surface area contributed by atoms with E-state index in [0.717, 1.165) is 0 Å². The quantitative estimate of drug-likeness (QED) is 0.697. The molecular formula is C9H11NO2. The van der Waals surface area contributed by atoms with E-state index in [1.165, 1.54) is 6.92 Å². The number of nitrogens with one attached hydrogen (secondary N) is 1. The van der Waals surface area contributed by atoms with Gasteiger partial charge in [0, 0.05) is 12.6 Å². The number of amides is 1. The molecule has 64 valence electrons. The highest BCUT2D eigenvalue weighted by Crippen LogP contribution is 2.08. The lowest BCUT2D eigenvalue weighted by molar-refractivity contribution is -0.114. The average Bonchev–Trinajstić information content (AvgIpc) is 2.22. The monoisotopic (exact) mass is 169 g/mol. The summed E-state index contributed by atoms with van der Waals surface area (Å²) < 4.78 is 30.1. The molecule has 0 unspecified atom stereocenters. The lowest BCUT2D eigenvalue weighted by atomic mass is 10.2. The van der Waals surface area contributed by atoms with E-state index in [0.29, 0.717) is 0 Å². The molecule has 0 heterocycles. The van der Waals surface area contributed by atoms with Gasteiger partial charge in [-0.25, -0.2) is 0 Å². The van der Waals surface area contributed by atoms with Crippen LogP contribution >= 0.6 is 0 Å². The largest absolute Gasteiger partial charge is 0.392 e. The van der Waals surface area contributed by atoms with Crippen molar-refractivity contribution in [2.45, 2.75) is 13.5 Å². The first-order valence-electron chi connectivity index (χ1n) is 5.37. The molecule has 1 amide bonds. The van der Waals surface area contributed by atoms with Gasteiger partial charge in [0.2, 0.25) is 5.91 Å².